The fourth-order valence-electron chi connectivity index (χ4n) is 1.67. The molecule has 20 heavy (non-hydrogen) atoms. The topological polar surface area (TPSA) is 75.1 Å². The summed E-state index contributed by atoms with van der Waals surface area (Å²) in [6, 6.07) is 9.24. The van der Waals surface area contributed by atoms with Crippen LogP contribution in [0, 0.1) is 5.92 Å². The standard InChI is InChI=1S/C14H17N3O2S/c1-9(2)11(8-18)15-13(19)14-16-12(17-20-14)10-6-4-3-5-7-10/h3-7,9,11,18H,8H2,1-2H3,(H,15,19)/t11-/m1/s1. The van der Waals surface area contributed by atoms with Gasteiger partial charge in [-0.3, -0.25) is 4.79 Å². The van der Waals surface area contributed by atoms with E-state index in [-0.39, 0.29) is 24.5 Å². The molecule has 0 radical (unpaired) electrons. The highest BCUT2D eigenvalue weighted by Gasteiger charge is 2.19. The molecule has 0 bridgehead atoms. The summed E-state index contributed by atoms with van der Waals surface area (Å²) >= 11 is 1.06. The Labute approximate surface area is 121 Å². The number of aliphatic hydroxyl groups is 1. The van der Waals surface area contributed by atoms with Gasteiger partial charge in [-0.25, -0.2) is 4.98 Å². The molecule has 0 aliphatic carbocycles. The molecule has 1 atom stereocenters. The zero-order valence-electron chi connectivity index (χ0n) is 11.4. The Balaban J connectivity index is 2.11. The molecule has 0 aliphatic rings. The maximum Gasteiger partial charge on any atom is 0.282 e. The number of rotatable bonds is 5. The lowest BCUT2D eigenvalue weighted by molar-refractivity contribution is 0.0896. The number of hydrogen-bond acceptors (Lipinski definition) is 5. The molecule has 6 heteroatoms. The molecule has 1 amide bonds. The molecule has 0 unspecified atom stereocenters. The van der Waals surface area contributed by atoms with E-state index in [0.29, 0.717) is 10.8 Å². The van der Waals surface area contributed by atoms with Gasteiger partial charge in [-0.05, 0) is 17.5 Å². The molecule has 2 N–H and O–H groups in total. The fourth-order valence-corrected chi connectivity index (χ4v) is 2.26. The van der Waals surface area contributed by atoms with Gasteiger partial charge in [0.1, 0.15) is 0 Å². The number of aliphatic hydroxyl groups excluding tert-OH is 1. The van der Waals surface area contributed by atoms with Crippen LogP contribution in [0.3, 0.4) is 0 Å². The van der Waals surface area contributed by atoms with Gasteiger partial charge in [0.25, 0.3) is 5.91 Å². The number of benzene rings is 1. The SMILES string of the molecule is CC(C)[C@@H](CO)NC(=O)c1nc(-c2ccccc2)ns1. The maximum atomic E-state index is 12.0. The second-order valence-corrected chi connectivity index (χ2v) is 5.55. The number of nitrogens with one attached hydrogen (secondary N) is 1. The lowest BCUT2D eigenvalue weighted by Gasteiger charge is -2.18. The molecular formula is C14H17N3O2S. The highest BCUT2D eigenvalue weighted by Crippen LogP contribution is 2.17. The molecule has 1 aromatic carbocycles. The summed E-state index contributed by atoms with van der Waals surface area (Å²) in [5.74, 6) is 0.411. The first kappa shape index (κ1) is 14.6. The normalized spacial score (nSPS) is 12.4. The molecule has 0 aliphatic heterocycles. The van der Waals surface area contributed by atoms with E-state index in [0.717, 1.165) is 17.1 Å². The number of amides is 1. The summed E-state index contributed by atoms with van der Waals surface area (Å²) in [7, 11) is 0. The Morgan fingerprint density at radius 1 is 1.35 bits per heavy atom. The number of carbonyl (C=O) groups is 1. The maximum absolute atomic E-state index is 12.0. The van der Waals surface area contributed by atoms with Crippen molar-refractivity contribution in [2.45, 2.75) is 19.9 Å². The minimum atomic E-state index is -0.294. The van der Waals surface area contributed by atoms with Crippen molar-refractivity contribution in [3.05, 3.63) is 35.3 Å². The van der Waals surface area contributed by atoms with Gasteiger partial charge in [0.15, 0.2) is 5.82 Å². The summed E-state index contributed by atoms with van der Waals surface area (Å²) in [6.45, 7) is 3.79. The molecule has 0 fully saturated rings. The summed E-state index contributed by atoms with van der Waals surface area (Å²) in [6.07, 6.45) is 0. The van der Waals surface area contributed by atoms with E-state index < -0.39 is 0 Å². The van der Waals surface area contributed by atoms with Gasteiger partial charge in [0.2, 0.25) is 5.01 Å². The molecule has 2 aromatic rings. The summed E-state index contributed by atoms with van der Waals surface area (Å²) in [5, 5.41) is 12.3. The smallest absolute Gasteiger partial charge is 0.282 e. The average Bonchev–Trinajstić information content (AvgIpc) is 2.95. The second kappa shape index (κ2) is 6.58. The Morgan fingerprint density at radius 2 is 2.05 bits per heavy atom. The van der Waals surface area contributed by atoms with Crippen LogP contribution in [-0.4, -0.2) is 33.0 Å². The predicted molar refractivity (Wildman–Crippen MR) is 78.5 cm³/mol. The van der Waals surface area contributed by atoms with Gasteiger partial charge >= 0.3 is 0 Å². The lowest BCUT2D eigenvalue weighted by Crippen LogP contribution is -2.41. The van der Waals surface area contributed by atoms with Crippen LogP contribution < -0.4 is 5.32 Å². The van der Waals surface area contributed by atoms with Crippen molar-refractivity contribution in [2.75, 3.05) is 6.61 Å². The van der Waals surface area contributed by atoms with Gasteiger partial charge in [0, 0.05) is 5.56 Å². The predicted octanol–water partition coefficient (Wildman–Crippen LogP) is 1.95. The average molecular weight is 291 g/mol. The van der Waals surface area contributed by atoms with Crippen LogP contribution in [-0.2, 0) is 0 Å². The number of hydrogen-bond donors (Lipinski definition) is 2. The number of aromatic nitrogens is 2. The van der Waals surface area contributed by atoms with E-state index in [1.807, 2.05) is 44.2 Å². The molecule has 1 aromatic heterocycles. The first-order valence-corrected chi connectivity index (χ1v) is 7.20. The highest BCUT2D eigenvalue weighted by atomic mass is 32.1. The van der Waals surface area contributed by atoms with Crippen molar-refractivity contribution < 1.29 is 9.90 Å². The molecular weight excluding hydrogens is 274 g/mol. The monoisotopic (exact) mass is 291 g/mol. The van der Waals surface area contributed by atoms with E-state index in [2.05, 4.69) is 14.7 Å². The first-order valence-electron chi connectivity index (χ1n) is 6.42. The molecule has 0 saturated carbocycles. The third kappa shape index (κ3) is 3.40. The fraction of sp³-hybridized carbons (Fsp3) is 0.357. The van der Waals surface area contributed by atoms with Crippen molar-refractivity contribution in [1.82, 2.24) is 14.7 Å². The van der Waals surface area contributed by atoms with E-state index in [9.17, 15) is 9.90 Å². The quantitative estimate of drug-likeness (QED) is 0.883. The van der Waals surface area contributed by atoms with Gasteiger partial charge in [-0.1, -0.05) is 44.2 Å². The summed E-state index contributed by atoms with van der Waals surface area (Å²) in [5.41, 5.74) is 0.880. The van der Waals surface area contributed by atoms with Crippen LogP contribution in [0.1, 0.15) is 23.6 Å². The Bertz CT molecular complexity index is 569. The van der Waals surface area contributed by atoms with Crippen molar-refractivity contribution >= 4 is 17.4 Å². The largest absolute Gasteiger partial charge is 0.394 e. The number of carbonyl (C=O) groups excluding carboxylic acids is 1. The second-order valence-electron chi connectivity index (χ2n) is 4.80. The lowest BCUT2D eigenvalue weighted by atomic mass is 10.1. The third-order valence-corrected chi connectivity index (χ3v) is 3.68. The van der Waals surface area contributed by atoms with E-state index in [1.165, 1.54) is 0 Å². The van der Waals surface area contributed by atoms with Crippen molar-refractivity contribution in [3.8, 4) is 11.4 Å². The number of nitrogens with zero attached hydrogens (tertiary/aromatic N) is 2. The van der Waals surface area contributed by atoms with Crippen LogP contribution in [0.5, 0.6) is 0 Å². The van der Waals surface area contributed by atoms with Crippen molar-refractivity contribution in [3.63, 3.8) is 0 Å². The Kier molecular flexibility index (Phi) is 4.81. The van der Waals surface area contributed by atoms with Crippen LogP contribution in [0.2, 0.25) is 0 Å². The molecule has 1 heterocycles. The summed E-state index contributed by atoms with van der Waals surface area (Å²) in [4.78, 5) is 16.3. The van der Waals surface area contributed by atoms with Crippen LogP contribution in [0.4, 0.5) is 0 Å². The Hall–Kier alpha value is -1.79. The molecule has 2 rings (SSSR count). The van der Waals surface area contributed by atoms with Crippen LogP contribution in [0.25, 0.3) is 11.4 Å². The van der Waals surface area contributed by atoms with E-state index in [1.54, 1.807) is 0 Å². The first-order chi connectivity index (χ1) is 9.61. The van der Waals surface area contributed by atoms with Crippen LogP contribution in [0.15, 0.2) is 30.3 Å². The van der Waals surface area contributed by atoms with Crippen molar-refractivity contribution in [1.29, 1.82) is 0 Å². The van der Waals surface area contributed by atoms with Gasteiger partial charge in [-0.15, -0.1) is 0 Å². The molecule has 106 valence electrons. The third-order valence-electron chi connectivity index (χ3n) is 2.97. The van der Waals surface area contributed by atoms with Gasteiger partial charge in [0.05, 0.1) is 12.6 Å². The zero-order chi connectivity index (χ0) is 14.5. The van der Waals surface area contributed by atoms with Gasteiger partial charge in [-0.2, -0.15) is 4.37 Å². The minimum Gasteiger partial charge on any atom is -0.394 e. The van der Waals surface area contributed by atoms with Gasteiger partial charge < -0.3 is 10.4 Å². The molecule has 0 spiro atoms. The molecule has 5 nitrogen and oxygen atoms in total. The Morgan fingerprint density at radius 3 is 2.65 bits per heavy atom. The van der Waals surface area contributed by atoms with Crippen LogP contribution >= 0.6 is 11.5 Å². The van der Waals surface area contributed by atoms with E-state index >= 15 is 0 Å². The van der Waals surface area contributed by atoms with Crippen molar-refractivity contribution in [2.24, 2.45) is 5.92 Å². The van der Waals surface area contributed by atoms with E-state index in [4.69, 9.17) is 0 Å². The molecule has 0 saturated heterocycles. The highest BCUT2D eigenvalue weighted by molar-refractivity contribution is 7.07. The zero-order valence-corrected chi connectivity index (χ0v) is 12.2. The minimum absolute atomic E-state index is 0.0895. The summed E-state index contributed by atoms with van der Waals surface area (Å²) < 4.78 is 4.19.